The molecule has 0 aliphatic carbocycles. The summed E-state index contributed by atoms with van der Waals surface area (Å²) < 4.78 is 0. The van der Waals surface area contributed by atoms with Gasteiger partial charge in [0, 0.05) is 0 Å². The molecule has 0 aliphatic rings. The van der Waals surface area contributed by atoms with Gasteiger partial charge in [0.05, 0.1) is 5.60 Å². The highest BCUT2D eigenvalue weighted by atomic mass is 16.3. The number of aryl methyl sites for hydroxylation is 3. The van der Waals surface area contributed by atoms with E-state index < -0.39 is 5.60 Å². The third kappa shape index (κ3) is 8.05. The Kier molecular flexibility index (Phi) is 8.75. The summed E-state index contributed by atoms with van der Waals surface area (Å²) >= 11 is 0. The summed E-state index contributed by atoms with van der Waals surface area (Å²) in [6.07, 6.45) is 5.16. The molecule has 0 spiro atoms. The monoisotopic (exact) mass is 264 g/mol. The molecule has 0 bridgehead atoms. The Morgan fingerprint density at radius 2 is 1.53 bits per heavy atom. The third-order valence-corrected chi connectivity index (χ3v) is 3.46. The van der Waals surface area contributed by atoms with Gasteiger partial charge in [0.2, 0.25) is 0 Å². The summed E-state index contributed by atoms with van der Waals surface area (Å²) in [7, 11) is 0. The molecule has 1 aromatic rings. The van der Waals surface area contributed by atoms with Crippen LogP contribution in [-0.2, 0) is 6.42 Å². The van der Waals surface area contributed by atoms with Crippen LogP contribution in [0.1, 0.15) is 70.1 Å². The Labute approximate surface area is 120 Å². The lowest BCUT2D eigenvalue weighted by Crippen LogP contribution is -2.22. The Hall–Kier alpha value is -0.820. The summed E-state index contributed by atoms with van der Waals surface area (Å²) in [6.45, 7) is 12.6. The molecule has 1 nitrogen and oxygen atoms in total. The molecule has 0 aliphatic heterocycles. The minimum absolute atomic E-state index is 0.399. The zero-order chi connectivity index (χ0) is 14.9. The molecule has 1 heteroatoms. The number of hydrogen-bond donors (Lipinski definition) is 1. The number of rotatable bonds is 5. The molecule has 0 heterocycles. The summed E-state index contributed by atoms with van der Waals surface area (Å²) in [5.74, 6) is 0. The molecule has 0 saturated heterocycles. The number of benzene rings is 1. The fourth-order valence-corrected chi connectivity index (χ4v) is 2.38. The molecule has 0 atom stereocenters. The van der Waals surface area contributed by atoms with Crippen LogP contribution in [0, 0.1) is 13.8 Å². The molecule has 1 rings (SSSR count). The van der Waals surface area contributed by atoms with Crippen molar-refractivity contribution in [3.63, 3.8) is 0 Å². The smallest absolute Gasteiger partial charge is 0.0619 e. The van der Waals surface area contributed by atoms with Gasteiger partial charge >= 0.3 is 0 Å². The van der Waals surface area contributed by atoms with Gasteiger partial charge in [0.25, 0.3) is 0 Å². The lowest BCUT2D eigenvalue weighted by Gasteiger charge is -2.21. The topological polar surface area (TPSA) is 20.2 Å². The Balaban J connectivity index is 0.000000344. The minimum atomic E-state index is -0.399. The van der Waals surface area contributed by atoms with Gasteiger partial charge < -0.3 is 5.11 Å². The van der Waals surface area contributed by atoms with E-state index in [1.807, 2.05) is 6.92 Å². The van der Waals surface area contributed by atoms with Crippen molar-refractivity contribution < 1.29 is 5.11 Å². The molecule has 0 saturated carbocycles. The van der Waals surface area contributed by atoms with Crippen LogP contribution >= 0.6 is 0 Å². The van der Waals surface area contributed by atoms with E-state index in [1.54, 1.807) is 0 Å². The van der Waals surface area contributed by atoms with Crippen LogP contribution in [0.5, 0.6) is 0 Å². The summed E-state index contributed by atoms with van der Waals surface area (Å²) in [6, 6.07) is 6.61. The van der Waals surface area contributed by atoms with Crippen LogP contribution in [0.25, 0.3) is 0 Å². The van der Waals surface area contributed by atoms with Crippen LogP contribution in [0.2, 0.25) is 0 Å². The van der Waals surface area contributed by atoms with Crippen molar-refractivity contribution in [1.29, 1.82) is 0 Å². The zero-order valence-corrected chi connectivity index (χ0v) is 13.7. The fourth-order valence-electron chi connectivity index (χ4n) is 2.38. The first-order valence-corrected chi connectivity index (χ1v) is 7.64. The van der Waals surface area contributed by atoms with Crippen molar-refractivity contribution in [2.45, 2.75) is 79.2 Å². The highest BCUT2D eigenvalue weighted by Gasteiger charge is 2.16. The van der Waals surface area contributed by atoms with E-state index in [0.29, 0.717) is 0 Å². The highest BCUT2D eigenvalue weighted by Crippen LogP contribution is 2.17. The third-order valence-electron chi connectivity index (χ3n) is 3.46. The maximum Gasteiger partial charge on any atom is 0.0619 e. The van der Waals surface area contributed by atoms with Crippen LogP contribution in [0.15, 0.2) is 18.2 Å². The Morgan fingerprint density at radius 1 is 1.00 bits per heavy atom. The Bertz CT molecular complexity index is 345. The summed E-state index contributed by atoms with van der Waals surface area (Å²) in [4.78, 5) is 0. The SMILES string of the molecule is CCCC(C)(O)CCC.CCc1cc(C)ccc1C. The quantitative estimate of drug-likeness (QED) is 0.774. The standard InChI is InChI=1S/C10H14.C8H18O/c1-4-10-7-8(2)5-6-9(10)3;1-4-6-8(3,9)7-5-2/h5-7H,4H2,1-3H3;9H,4-7H2,1-3H3. The second kappa shape index (κ2) is 9.14. The molecule has 19 heavy (non-hydrogen) atoms. The lowest BCUT2D eigenvalue weighted by molar-refractivity contribution is 0.0406. The molecular formula is C18H32O. The van der Waals surface area contributed by atoms with Crippen molar-refractivity contribution in [2.24, 2.45) is 0 Å². The van der Waals surface area contributed by atoms with Gasteiger partial charge in [-0.15, -0.1) is 0 Å². The molecule has 0 radical (unpaired) electrons. The first-order valence-electron chi connectivity index (χ1n) is 7.64. The molecule has 0 aromatic heterocycles. The molecule has 0 fully saturated rings. The van der Waals surface area contributed by atoms with Crippen LogP contribution < -0.4 is 0 Å². The van der Waals surface area contributed by atoms with Crippen molar-refractivity contribution in [3.8, 4) is 0 Å². The van der Waals surface area contributed by atoms with Gasteiger partial charge in [-0.25, -0.2) is 0 Å². The molecule has 0 amide bonds. The molecule has 110 valence electrons. The van der Waals surface area contributed by atoms with Crippen LogP contribution in [0.3, 0.4) is 0 Å². The van der Waals surface area contributed by atoms with E-state index in [9.17, 15) is 5.11 Å². The van der Waals surface area contributed by atoms with Crippen molar-refractivity contribution in [2.75, 3.05) is 0 Å². The molecular weight excluding hydrogens is 232 g/mol. The molecule has 1 N–H and O–H groups in total. The maximum absolute atomic E-state index is 9.51. The van der Waals surface area contributed by atoms with E-state index in [0.717, 1.165) is 32.1 Å². The van der Waals surface area contributed by atoms with Gasteiger partial charge in [-0.2, -0.15) is 0 Å². The predicted molar refractivity (Wildman–Crippen MR) is 85.7 cm³/mol. The van der Waals surface area contributed by atoms with E-state index in [4.69, 9.17) is 0 Å². The van der Waals surface area contributed by atoms with Gasteiger partial charge in [0.15, 0.2) is 0 Å². The van der Waals surface area contributed by atoms with Crippen molar-refractivity contribution in [1.82, 2.24) is 0 Å². The van der Waals surface area contributed by atoms with E-state index >= 15 is 0 Å². The van der Waals surface area contributed by atoms with Crippen molar-refractivity contribution >= 4 is 0 Å². The minimum Gasteiger partial charge on any atom is -0.390 e. The first-order chi connectivity index (χ1) is 8.86. The van der Waals surface area contributed by atoms with E-state index in [2.05, 4.69) is 52.8 Å². The van der Waals surface area contributed by atoms with Gasteiger partial charge in [-0.3, -0.25) is 0 Å². The fraction of sp³-hybridized carbons (Fsp3) is 0.667. The average molecular weight is 264 g/mol. The normalized spacial score (nSPS) is 10.9. The second-order valence-corrected chi connectivity index (χ2v) is 5.78. The molecule has 1 aromatic carbocycles. The van der Waals surface area contributed by atoms with Gasteiger partial charge in [0.1, 0.15) is 0 Å². The lowest BCUT2D eigenvalue weighted by atomic mass is 9.95. The van der Waals surface area contributed by atoms with Crippen molar-refractivity contribution in [3.05, 3.63) is 34.9 Å². The number of aliphatic hydroxyl groups is 1. The summed E-state index contributed by atoms with van der Waals surface area (Å²) in [5, 5.41) is 9.51. The Morgan fingerprint density at radius 3 is 1.89 bits per heavy atom. The van der Waals surface area contributed by atoms with Crippen LogP contribution in [0.4, 0.5) is 0 Å². The second-order valence-electron chi connectivity index (χ2n) is 5.78. The first kappa shape index (κ1) is 18.2. The van der Waals surface area contributed by atoms with Gasteiger partial charge in [-0.05, 0) is 51.2 Å². The van der Waals surface area contributed by atoms with Gasteiger partial charge in [-0.1, -0.05) is 57.4 Å². The van der Waals surface area contributed by atoms with E-state index in [1.165, 1.54) is 16.7 Å². The van der Waals surface area contributed by atoms with E-state index in [-0.39, 0.29) is 0 Å². The average Bonchev–Trinajstić information content (AvgIpc) is 2.33. The zero-order valence-electron chi connectivity index (χ0n) is 13.7. The maximum atomic E-state index is 9.51. The number of hydrogen-bond acceptors (Lipinski definition) is 1. The molecule has 0 unspecified atom stereocenters. The van der Waals surface area contributed by atoms with Crippen LogP contribution in [-0.4, -0.2) is 10.7 Å². The largest absolute Gasteiger partial charge is 0.390 e. The predicted octanol–water partition coefficient (Wildman–Crippen LogP) is 5.20. The highest BCUT2D eigenvalue weighted by molar-refractivity contribution is 5.30. The summed E-state index contributed by atoms with van der Waals surface area (Å²) in [5.41, 5.74) is 3.85.